The molecule has 16 heavy (non-hydrogen) atoms. The Labute approximate surface area is 115 Å². The molecule has 0 saturated carbocycles. The third-order valence-electron chi connectivity index (χ3n) is 2.28. The van der Waals surface area contributed by atoms with Crippen molar-refractivity contribution in [3.05, 3.63) is 56.4 Å². The van der Waals surface area contributed by atoms with E-state index in [9.17, 15) is 4.39 Å². The van der Waals surface area contributed by atoms with E-state index in [1.807, 2.05) is 12.1 Å². The second-order valence-electron chi connectivity index (χ2n) is 3.39. The van der Waals surface area contributed by atoms with Crippen molar-refractivity contribution >= 4 is 43.2 Å². The van der Waals surface area contributed by atoms with Gasteiger partial charge in [0.15, 0.2) is 0 Å². The van der Waals surface area contributed by atoms with E-state index in [2.05, 4.69) is 43.3 Å². The maximum atomic E-state index is 13.4. The van der Waals surface area contributed by atoms with Crippen molar-refractivity contribution in [2.75, 3.05) is 0 Å². The maximum absolute atomic E-state index is 13.4. The molecule has 0 nitrogen and oxygen atoms in total. The number of rotatable bonds is 3. The molecule has 0 fully saturated rings. The van der Waals surface area contributed by atoms with Crippen molar-refractivity contribution in [1.29, 1.82) is 0 Å². The molecule has 1 atom stereocenters. The van der Waals surface area contributed by atoms with Gasteiger partial charge in [0.05, 0.1) is 4.47 Å². The van der Waals surface area contributed by atoms with E-state index < -0.39 is 0 Å². The Morgan fingerprint density at radius 2 is 2.06 bits per heavy atom. The SMILES string of the molecule is Fc1cccc(C(Br)Cc2cccs2)c1Br. The molecule has 0 aliphatic carbocycles. The van der Waals surface area contributed by atoms with Crippen molar-refractivity contribution in [2.45, 2.75) is 11.2 Å². The molecule has 0 saturated heterocycles. The van der Waals surface area contributed by atoms with Gasteiger partial charge in [0.2, 0.25) is 0 Å². The highest BCUT2D eigenvalue weighted by Crippen LogP contribution is 2.34. The first kappa shape index (κ1) is 12.3. The highest BCUT2D eigenvalue weighted by atomic mass is 79.9. The van der Waals surface area contributed by atoms with Crippen molar-refractivity contribution in [3.63, 3.8) is 0 Å². The molecule has 0 aliphatic rings. The zero-order valence-electron chi connectivity index (χ0n) is 8.29. The van der Waals surface area contributed by atoms with Crippen LogP contribution in [0.15, 0.2) is 40.2 Å². The molecular weight excluding hydrogens is 355 g/mol. The Morgan fingerprint density at radius 1 is 1.25 bits per heavy atom. The predicted molar refractivity (Wildman–Crippen MR) is 73.8 cm³/mol. The van der Waals surface area contributed by atoms with E-state index in [0.29, 0.717) is 4.47 Å². The summed E-state index contributed by atoms with van der Waals surface area (Å²) in [5.41, 5.74) is 0.952. The van der Waals surface area contributed by atoms with Crippen LogP contribution < -0.4 is 0 Å². The van der Waals surface area contributed by atoms with Crippen LogP contribution in [0, 0.1) is 5.82 Å². The molecule has 2 rings (SSSR count). The summed E-state index contributed by atoms with van der Waals surface area (Å²) < 4.78 is 13.9. The van der Waals surface area contributed by atoms with Gasteiger partial charge in [0, 0.05) is 9.70 Å². The number of hydrogen-bond acceptors (Lipinski definition) is 1. The first-order valence-corrected chi connectivity index (χ1v) is 7.37. The maximum Gasteiger partial charge on any atom is 0.137 e. The summed E-state index contributed by atoms with van der Waals surface area (Å²) in [5, 5.41) is 2.05. The van der Waals surface area contributed by atoms with Crippen LogP contribution in [-0.4, -0.2) is 0 Å². The smallest absolute Gasteiger partial charge is 0.137 e. The fraction of sp³-hybridized carbons (Fsp3) is 0.167. The van der Waals surface area contributed by atoms with E-state index in [0.717, 1.165) is 12.0 Å². The third-order valence-corrected chi connectivity index (χ3v) is 4.83. The van der Waals surface area contributed by atoms with Crippen molar-refractivity contribution in [3.8, 4) is 0 Å². The molecule has 0 amide bonds. The predicted octanol–water partition coefficient (Wildman–Crippen LogP) is 5.33. The summed E-state index contributed by atoms with van der Waals surface area (Å²) in [4.78, 5) is 1.43. The quantitative estimate of drug-likeness (QED) is 0.646. The largest absolute Gasteiger partial charge is 0.206 e. The second kappa shape index (κ2) is 5.43. The lowest BCUT2D eigenvalue weighted by Crippen LogP contribution is -1.96. The summed E-state index contributed by atoms with van der Waals surface area (Å²) in [6.07, 6.45) is 0.875. The van der Waals surface area contributed by atoms with Crippen LogP contribution in [-0.2, 0) is 6.42 Å². The third kappa shape index (κ3) is 2.73. The van der Waals surface area contributed by atoms with Gasteiger partial charge in [-0.2, -0.15) is 0 Å². The van der Waals surface area contributed by atoms with Crippen LogP contribution in [0.5, 0.6) is 0 Å². The molecule has 0 bridgehead atoms. The van der Waals surface area contributed by atoms with Crippen LogP contribution in [0.2, 0.25) is 0 Å². The molecule has 0 aliphatic heterocycles. The Kier molecular flexibility index (Phi) is 4.16. The molecule has 0 radical (unpaired) electrons. The van der Waals surface area contributed by atoms with Gasteiger partial charge in [-0.15, -0.1) is 11.3 Å². The van der Waals surface area contributed by atoms with E-state index in [1.165, 1.54) is 10.9 Å². The molecule has 1 unspecified atom stereocenters. The lowest BCUT2D eigenvalue weighted by atomic mass is 10.1. The van der Waals surface area contributed by atoms with Crippen LogP contribution in [0.4, 0.5) is 4.39 Å². The fourth-order valence-electron chi connectivity index (χ4n) is 1.48. The van der Waals surface area contributed by atoms with Crippen molar-refractivity contribution in [2.24, 2.45) is 0 Å². The highest BCUT2D eigenvalue weighted by Gasteiger charge is 2.14. The number of thiophene rings is 1. The zero-order chi connectivity index (χ0) is 11.5. The van der Waals surface area contributed by atoms with E-state index >= 15 is 0 Å². The van der Waals surface area contributed by atoms with Crippen molar-refractivity contribution in [1.82, 2.24) is 0 Å². The Balaban J connectivity index is 2.21. The lowest BCUT2D eigenvalue weighted by molar-refractivity contribution is 0.617. The zero-order valence-corrected chi connectivity index (χ0v) is 12.3. The van der Waals surface area contributed by atoms with Crippen LogP contribution >= 0.6 is 43.2 Å². The molecule has 0 spiro atoms. The van der Waals surface area contributed by atoms with Gasteiger partial charge in [0.25, 0.3) is 0 Å². The summed E-state index contributed by atoms with van der Waals surface area (Å²) in [6, 6.07) is 9.24. The van der Waals surface area contributed by atoms with Gasteiger partial charge >= 0.3 is 0 Å². The second-order valence-corrected chi connectivity index (χ2v) is 6.32. The summed E-state index contributed by atoms with van der Waals surface area (Å²) >= 11 is 8.60. The molecule has 1 aromatic carbocycles. The van der Waals surface area contributed by atoms with Crippen LogP contribution in [0.3, 0.4) is 0 Å². The lowest BCUT2D eigenvalue weighted by Gasteiger charge is -2.11. The minimum Gasteiger partial charge on any atom is -0.206 e. The molecule has 84 valence electrons. The van der Waals surface area contributed by atoms with Gasteiger partial charge in [-0.25, -0.2) is 4.39 Å². The van der Waals surface area contributed by atoms with Gasteiger partial charge in [-0.05, 0) is 45.4 Å². The van der Waals surface area contributed by atoms with Gasteiger partial charge in [0.1, 0.15) is 5.82 Å². The normalized spacial score (nSPS) is 12.7. The Hall–Kier alpha value is -0.190. The van der Waals surface area contributed by atoms with E-state index in [-0.39, 0.29) is 10.6 Å². The standard InChI is InChI=1S/C12H9Br2FS/c13-10(7-8-3-2-6-16-8)9-4-1-5-11(15)12(9)14/h1-6,10H,7H2. The first-order chi connectivity index (χ1) is 7.68. The Bertz CT molecular complexity index is 468. The molecule has 4 heteroatoms. The monoisotopic (exact) mass is 362 g/mol. The molecule has 1 aromatic heterocycles. The summed E-state index contributed by atoms with van der Waals surface area (Å²) in [7, 11) is 0. The number of alkyl halides is 1. The number of hydrogen-bond donors (Lipinski definition) is 0. The van der Waals surface area contributed by atoms with Gasteiger partial charge in [-0.1, -0.05) is 34.1 Å². The van der Waals surface area contributed by atoms with Crippen LogP contribution in [0.25, 0.3) is 0 Å². The topological polar surface area (TPSA) is 0 Å². The molecule has 0 N–H and O–H groups in total. The average molecular weight is 364 g/mol. The highest BCUT2D eigenvalue weighted by molar-refractivity contribution is 9.11. The molecule has 2 aromatic rings. The Morgan fingerprint density at radius 3 is 2.75 bits per heavy atom. The fourth-order valence-corrected chi connectivity index (χ4v) is 4.02. The van der Waals surface area contributed by atoms with E-state index in [4.69, 9.17) is 0 Å². The average Bonchev–Trinajstić information content (AvgIpc) is 2.74. The summed E-state index contributed by atoms with van der Waals surface area (Å²) in [6.45, 7) is 0. The van der Waals surface area contributed by atoms with Crippen molar-refractivity contribution < 1.29 is 4.39 Å². The van der Waals surface area contributed by atoms with E-state index in [1.54, 1.807) is 17.4 Å². The van der Waals surface area contributed by atoms with Crippen LogP contribution in [0.1, 0.15) is 15.3 Å². The minimum absolute atomic E-state index is 0.135. The number of benzene rings is 1. The first-order valence-electron chi connectivity index (χ1n) is 4.79. The summed E-state index contributed by atoms with van der Waals surface area (Å²) in [5.74, 6) is -0.215. The van der Waals surface area contributed by atoms with Gasteiger partial charge < -0.3 is 0 Å². The molecular formula is C12H9Br2FS. The minimum atomic E-state index is -0.215. The number of halogens is 3. The molecule has 1 heterocycles. The van der Waals surface area contributed by atoms with Gasteiger partial charge in [-0.3, -0.25) is 0 Å².